The van der Waals surface area contributed by atoms with Crippen molar-refractivity contribution in [2.45, 2.75) is 24.3 Å². The van der Waals surface area contributed by atoms with Gasteiger partial charge in [0.25, 0.3) is 0 Å². The highest BCUT2D eigenvalue weighted by Gasteiger charge is 2.14. The highest BCUT2D eigenvalue weighted by molar-refractivity contribution is 7.98. The SMILES string of the molecule is CCc1ccc(-c2nc(CSc3nnnn3-c3ccccc3OC)cs2)cc1. The largest absolute Gasteiger partial charge is 0.494 e. The van der Waals surface area contributed by atoms with E-state index in [1.807, 2.05) is 24.3 Å². The van der Waals surface area contributed by atoms with E-state index in [0.717, 1.165) is 34.1 Å². The number of thiazole rings is 1. The van der Waals surface area contributed by atoms with Crippen LogP contribution in [0.25, 0.3) is 16.3 Å². The average Bonchev–Trinajstić information content (AvgIpc) is 3.41. The van der Waals surface area contributed by atoms with Crippen LogP contribution >= 0.6 is 23.1 Å². The Morgan fingerprint density at radius 3 is 2.71 bits per heavy atom. The number of aryl methyl sites for hydroxylation is 1. The predicted octanol–water partition coefficient (Wildman–Crippen LogP) is 4.65. The molecule has 0 saturated carbocycles. The van der Waals surface area contributed by atoms with Gasteiger partial charge in [-0.3, -0.25) is 0 Å². The fourth-order valence-corrected chi connectivity index (χ4v) is 4.46. The van der Waals surface area contributed by atoms with Gasteiger partial charge in [-0.05, 0) is 34.5 Å². The van der Waals surface area contributed by atoms with Crippen LogP contribution in [0.4, 0.5) is 0 Å². The van der Waals surface area contributed by atoms with Crippen LogP contribution in [0.3, 0.4) is 0 Å². The molecule has 0 aliphatic heterocycles. The Hall–Kier alpha value is -2.71. The van der Waals surface area contributed by atoms with Crippen LogP contribution in [0.15, 0.2) is 59.1 Å². The van der Waals surface area contributed by atoms with Crippen LogP contribution < -0.4 is 4.74 Å². The molecular formula is C20H19N5OS2. The number of benzene rings is 2. The zero-order chi connectivity index (χ0) is 19.3. The number of methoxy groups -OCH3 is 1. The summed E-state index contributed by atoms with van der Waals surface area (Å²) in [4.78, 5) is 4.77. The minimum Gasteiger partial charge on any atom is -0.494 e. The van der Waals surface area contributed by atoms with E-state index in [2.05, 4.69) is 52.1 Å². The monoisotopic (exact) mass is 409 g/mol. The third-order valence-corrected chi connectivity index (χ3v) is 6.16. The normalized spacial score (nSPS) is 10.9. The number of rotatable bonds is 7. The van der Waals surface area contributed by atoms with Crippen LogP contribution in [0.1, 0.15) is 18.2 Å². The van der Waals surface area contributed by atoms with Gasteiger partial charge in [0, 0.05) is 16.7 Å². The highest BCUT2D eigenvalue weighted by atomic mass is 32.2. The maximum absolute atomic E-state index is 5.42. The molecule has 0 aliphatic rings. The maximum Gasteiger partial charge on any atom is 0.214 e. The molecule has 28 heavy (non-hydrogen) atoms. The molecule has 0 N–H and O–H groups in total. The molecule has 2 aromatic heterocycles. The Morgan fingerprint density at radius 1 is 1.11 bits per heavy atom. The first-order valence-corrected chi connectivity index (χ1v) is 10.7. The van der Waals surface area contributed by atoms with Crippen molar-refractivity contribution < 1.29 is 4.74 Å². The zero-order valence-electron chi connectivity index (χ0n) is 15.6. The lowest BCUT2D eigenvalue weighted by molar-refractivity contribution is 0.410. The first-order chi connectivity index (χ1) is 13.8. The summed E-state index contributed by atoms with van der Waals surface area (Å²) in [5.41, 5.74) is 4.31. The Balaban J connectivity index is 1.49. The molecule has 0 amide bonds. The Labute approximate surface area is 171 Å². The molecule has 0 atom stereocenters. The van der Waals surface area contributed by atoms with Crippen molar-refractivity contribution >= 4 is 23.1 Å². The van der Waals surface area contributed by atoms with Crippen LogP contribution in [0.5, 0.6) is 5.75 Å². The molecule has 0 saturated heterocycles. The van der Waals surface area contributed by atoms with Crippen LogP contribution in [-0.4, -0.2) is 32.3 Å². The third kappa shape index (κ3) is 3.93. The molecule has 4 aromatic rings. The van der Waals surface area contributed by atoms with Gasteiger partial charge in [0.05, 0.1) is 12.8 Å². The van der Waals surface area contributed by atoms with Gasteiger partial charge < -0.3 is 4.74 Å². The molecule has 2 aromatic carbocycles. The van der Waals surface area contributed by atoms with E-state index in [1.165, 1.54) is 5.56 Å². The second-order valence-corrected chi connectivity index (χ2v) is 7.83. The van der Waals surface area contributed by atoms with Crippen molar-refractivity contribution in [3.63, 3.8) is 0 Å². The summed E-state index contributed by atoms with van der Waals surface area (Å²) >= 11 is 3.21. The fourth-order valence-electron chi connectivity index (χ4n) is 2.75. The third-order valence-electron chi connectivity index (χ3n) is 4.26. The van der Waals surface area contributed by atoms with Gasteiger partial charge in [0.1, 0.15) is 16.4 Å². The second-order valence-electron chi connectivity index (χ2n) is 6.03. The van der Waals surface area contributed by atoms with Gasteiger partial charge >= 0.3 is 0 Å². The molecule has 0 radical (unpaired) electrons. The number of aromatic nitrogens is 5. The number of hydrogen-bond acceptors (Lipinski definition) is 7. The molecule has 2 heterocycles. The molecule has 0 spiro atoms. The molecule has 0 aliphatic carbocycles. The summed E-state index contributed by atoms with van der Waals surface area (Å²) in [5.74, 6) is 1.42. The summed E-state index contributed by atoms with van der Waals surface area (Å²) < 4.78 is 7.11. The number of thioether (sulfide) groups is 1. The molecule has 0 fully saturated rings. The topological polar surface area (TPSA) is 65.7 Å². The maximum atomic E-state index is 5.42. The molecule has 8 heteroatoms. The predicted molar refractivity (Wildman–Crippen MR) is 112 cm³/mol. The summed E-state index contributed by atoms with van der Waals surface area (Å²) in [5, 5.41) is 15.9. The minimum absolute atomic E-state index is 0.694. The van der Waals surface area contributed by atoms with Crippen LogP contribution in [0, 0.1) is 0 Å². The van der Waals surface area contributed by atoms with E-state index in [1.54, 1.807) is 34.9 Å². The van der Waals surface area contributed by atoms with Crippen molar-refractivity contribution in [1.29, 1.82) is 0 Å². The second kappa shape index (κ2) is 8.53. The van der Waals surface area contributed by atoms with Crippen LogP contribution in [-0.2, 0) is 12.2 Å². The lowest BCUT2D eigenvalue weighted by atomic mass is 10.1. The van der Waals surface area contributed by atoms with E-state index in [9.17, 15) is 0 Å². The van der Waals surface area contributed by atoms with Crippen molar-refractivity contribution in [2.24, 2.45) is 0 Å². The van der Waals surface area contributed by atoms with Gasteiger partial charge in [-0.1, -0.05) is 55.1 Å². The molecule has 0 unspecified atom stereocenters. The van der Waals surface area contributed by atoms with Crippen molar-refractivity contribution in [3.8, 4) is 22.0 Å². The van der Waals surface area contributed by atoms with E-state index in [0.29, 0.717) is 10.9 Å². The van der Waals surface area contributed by atoms with Gasteiger partial charge in [0.2, 0.25) is 5.16 Å². The number of hydrogen-bond donors (Lipinski definition) is 0. The standard InChI is InChI=1S/C20H19N5OS2/c1-3-14-8-10-15(11-9-14)19-21-16(12-27-19)13-28-20-22-23-24-25(20)17-6-4-5-7-18(17)26-2/h4-12H,3,13H2,1-2H3. The van der Waals surface area contributed by atoms with Gasteiger partial charge in [-0.2, -0.15) is 4.68 Å². The molecular weight excluding hydrogens is 390 g/mol. The van der Waals surface area contributed by atoms with E-state index in [4.69, 9.17) is 9.72 Å². The summed E-state index contributed by atoms with van der Waals surface area (Å²) in [7, 11) is 1.64. The Morgan fingerprint density at radius 2 is 1.93 bits per heavy atom. The number of para-hydroxylation sites is 2. The highest BCUT2D eigenvalue weighted by Crippen LogP contribution is 2.29. The van der Waals surface area contributed by atoms with Gasteiger partial charge in [0.15, 0.2) is 0 Å². The quantitative estimate of drug-likeness (QED) is 0.414. The smallest absolute Gasteiger partial charge is 0.214 e. The Kier molecular flexibility index (Phi) is 5.68. The molecule has 142 valence electrons. The van der Waals surface area contributed by atoms with Crippen LogP contribution in [0.2, 0.25) is 0 Å². The van der Waals surface area contributed by atoms with Crippen molar-refractivity contribution in [2.75, 3.05) is 7.11 Å². The van der Waals surface area contributed by atoms with E-state index in [-0.39, 0.29) is 0 Å². The zero-order valence-corrected chi connectivity index (χ0v) is 17.2. The van der Waals surface area contributed by atoms with Gasteiger partial charge in [-0.25, -0.2) is 4.98 Å². The first-order valence-electron chi connectivity index (χ1n) is 8.86. The number of ether oxygens (including phenoxy) is 1. The molecule has 6 nitrogen and oxygen atoms in total. The average molecular weight is 410 g/mol. The number of nitrogens with zero attached hydrogens (tertiary/aromatic N) is 5. The summed E-state index contributed by atoms with van der Waals surface area (Å²) in [6.07, 6.45) is 1.04. The Bertz CT molecular complexity index is 1060. The molecule has 4 rings (SSSR count). The summed E-state index contributed by atoms with van der Waals surface area (Å²) in [6, 6.07) is 16.3. The summed E-state index contributed by atoms with van der Waals surface area (Å²) in [6.45, 7) is 2.16. The van der Waals surface area contributed by atoms with E-state index < -0.39 is 0 Å². The number of tetrazole rings is 1. The minimum atomic E-state index is 0.694. The lowest BCUT2D eigenvalue weighted by Gasteiger charge is -2.08. The fraction of sp³-hybridized carbons (Fsp3) is 0.200. The van der Waals surface area contributed by atoms with Crippen molar-refractivity contribution in [1.82, 2.24) is 25.2 Å². The molecule has 0 bridgehead atoms. The first kappa shape index (κ1) is 18.6. The van der Waals surface area contributed by atoms with Crippen molar-refractivity contribution in [3.05, 3.63) is 65.2 Å². The van der Waals surface area contributed by atoms with Gasteiger partial charge in [-0.15, -0.1) is 16.4 Å². The lowest BCUT2D eigenvalue weighted by Crippen LogP contribution is -2.01. The van der Waals surface area contributed by atoms with E-state index >= 15 is 0 Å².